The molecule has 1 aliphatic carbocycles. The second-order valence-corrected chi connectivity index (χ2v) is 12.1. The van der Waals surface area contributed by atoms with E-state index in [4.69, 9.17) is 9.47 Å². The first-order chi connectivity index (χ1) is 18.2. The highest BCUT2D eigenvalue weighted by Crippen LogP contribution is 2.53. The van der Waals surface area contributed by atoms with Crippen LogP contribution in [0.2, 0.25) is 0 Å². The lowest BCUT2D eigenvalue weighted by Gasteiger charge is -2.48. The van der Waals surface area contributed by atoms with Gasteiger partial charge in [0, 0.05) is 5.41 Å². The van der Waals surface area contributed by atoms with Crippen molar-refractivity contribution in [3.63, 3.8) is 0 Å². The summed E-state index contributed by atoms with van der Waals surface area (Å²) >= 11 is 0. The summed E-state index contributed by atoms with van der Waals surface area (Å²) in [5.41, 5.74) is 6.88. The van der Waals surface area contributed by atoms with Crippen LogP contribution in [0, 0.1) is 18.3 Å². The van der Waals surface area contributed by atoms with Crippen LogP contribution in [0.3, 0.4) is 0 Å². The first-order valence-corrected chi connectivity index (χ1v) is 13.8. The van der Waals surface area contributed by atoms with Gasteiger partial charge in [0.1, 0.15) is 17.2 Å². The quantitative estimate of drug-likeness (QED) is 0.249. The highest BCUT2D eigenvalue weighted by molar-refractivity contribution is 5.45. The zero-order valence-electron chi connectivity index (χ0n) is 23.5. The molecule has 1 saturated carbocycles. The minimum absolute atomic E-state index is 0.0242. The van der Waals surface area contributed by atoms with Crippen molar-refractivity contribution >= 4 is 0 Å². The Morgan fingerprint density at radius 3 is 1.63 bits per heavy atom. The molecule has 0 saturated heterocycles. The van der Waals surface area contributed by atoms with Crippen LogP contribution >= 0.6 is 0 Å². The zero-order chi connectivity index (χ0) is 26.8. The Labute approximate surface area is 228 Å². The van der Waals surface area contributed by atoms with E-state index in [0.29, 0.717) is 5.92 Å². The van der Waals surface area contributed by atoms with Crippen LogP contribution in [-0.2, 0) is 11.8 Å². The summed E-state index contributed by atoms with van der Waals surface area (Å²) in [6, 6.07) is 34.7. The highest BCUT2D eigenvalue weighted by atomic mass is 16.5. The van der Waals surface area contributed by atoms with Gasteiger partial charge < -0.3 is 9.47 Å². The van der Waals surface area contributed by atoms with Gasteiger partial charge in [-0.2, -0.15) is 0 Å². The number of rotatable bonds is 7. The van der Waals surface area contributed by atoms with E-state index in [1.54, 1.807) is 7.11 Å². The second kappa shape index (κ2) is 10.7. The fourth-order valence-electron chi connectivity index (χ4n) is 6.68. The summed E-state index contributed by atoms with van der Waals surface area (Å²) in [5.74, 6) is 3.28. The molecule has 2 atom stereocenters. The summed E-state index contributed by atoms with van der Waals surface area (Å²) in [6.45, 7) is 9.36. The van der Waals surface area contributed by atoms with Crippen molar-refractivity contribution in [1.29, 1.82) is 0 Å². The molecule has 4 aromatic rings. The number of ether oxygens (including phenoxy) is 2. The maximum atomic E-state index is 6.26. The Bertz CT molecular complexity index is 1330. The van der Waals surface area contributed by atoms with Gasteiger partial charge in [-0.25, -0.2) is 0 Å². The van der Waals surface area contributed by atoms with E-state index >= 15 is 0 Å². The lowest BCUT2D eigenvalue weighted by Crippen LogP contribution is -2.41. The van der Waals surface area contributed by atoms with E-state index in [-0.39, 0.29) is 10.8 Å². The minimum atomic E-state index is -0.0242. The lowest BCUT2D eigenvalue weighted by molar-refractivity contribution is 0.127. The molecular formula is C36H40O2. The zero-order valence-corrected chi connectivity index (χ0v) is 23.5. The first kappa shape index (κ1) is 26.1. The Morgan fingerprint density at radius 1 is 0.658 bits per heavy atom. The third-order valence-electron chi connectivity index (χ3n) is 8.12. The molecule has 0 amide bonds. The Balaban J connectivity index is 1.36. The van der Waals surface area contributed by atoms with E-state index < -0.39 is 0 Å². The summed E-state index contributed by atoms with van der Waals surface area (Å²) in [5, 5.41) is 0. The summed E-state index contributed by atoms with van der Waals surface area (Å²) in [6.07, 6.45) is 4.45. The SMILES string of the molecule is COc1ccc(C2(c3ccc(Oc4ccc(Cc5ccc(C)cc5)cc4)cc3)CC(C)CC(C)(C)C2)cc1. The molecule has 0 aliphatic heterocycles. The van der Waals surface area contributed by atoms with E-state index in [2.05, 4.69) is 125 Å². The fraction of sp³-hybridized carbons (Fsp3) is 0.333. The van der Waals surface area contributed by atoms with E-state index in [0.717, 1.165) is 36.5 Å². The van der Waals surface area contributed by atoms with E-state index in [9.17, 15) is 0 Å². The van der Waals surface area contributed by atoms with Crippen LogP contribution in [-0.4, -0.2) is 7.11 Å². The van der Waals surface area contributed by atoms with Gasteiger partial charge in [0.05, 0.1) is 7.11 Å². The van der Waals surface area contributed by atoms with Gasteiger partial charge in [-0.05, 0) is 103 Å². The normalized spacial score (nSPS) is 20.6. The molecule has 1 aliphatic rings. The van der Waals surface area contributed by atoms with Crippen molar-refractivity contribution < 1.29 is 9.47 Å². The van der Waals surface area contributed by atoms with Gasteiger partial charge in [0.25, 0.3) is 0 Å². The molecule has 38 heavy (non-hydrogen) atoms. The average Bonchev–Trinajstić information content (AvgIpc) is 2.90. The molecule has 4 aromatic carbocycles. The van der Waals surface area contributed by atoms with Crippen LogP contribution in [0.4, 0.5) is 0 Å². The number of hydrogen-bond acceptors (Lipinski definition) is 2. The smallest absolute Gasteiger partial charge is 0.127 e. The van der Waals surface area contributed by atoms with Gasteiger partial charge in [0.15, 0.2) is 0 Å². The molecule has 196 valence electrons. The lowest BCUT2D eigenvalue weighted by atomic mass is 9.55. The van der Waals surface area contributed by atoms with Gasteiger partial charge in [-0.15, -0.1) is 0 Å². The van der Waals surface area contributed by atoms with Crippen molar-refractivity contribution in [3.05, 3.63) is 125 Å². The number of methoxy groups -OCH3 is 1. The Kier molecular flexibility index (Phi) is 7.34. The van der Waals surface area contributed by atoms with Gasteiger partial charge >= 0.3 is 0 Å². The molecule has 2 heteroatoms. The van der Waals surface area contributed by atoms with Crippen molar-refractivity contribution in [2.24, 2.45) is 11.3 Å². The average molecular weight is 505 g/mol. The van der Waals surface area contributed by atoms with Crippen LogP contribution in [0.15, 0.2) is 97.1 Å². The molecule has 0 spiro atoms. The highest BCUT2D eigenvalue weighted by Gasteiger charge is 2.45. The predicted octanol–water partition coefficient (Wildman–Crippen LogP) is 9.52. The largest absolute Gasteiger partial charge is 0.497 e. The third kappa shape index (κ3) is 5.80. The monoisotopic (exact) mass is 504 g/mol. The maximum absolute atomic E-state index is 6.26. The standard InChI is InChI=1S/C36H40O2/c1-26-6-8-28(9-7-26)22-29-10-16-33(17-11-29)38-34-20-14-31(15-21-34)36(24-27(2)23-35(3,4)25-36)30-12-18-32(37-5)19-13-30/h6-21,27H,22-25H2,1-5H3. The number of hydrogen-bond donors (Lipinski definition) is 0. The molecular weight excluding hydrogens is 464 g/mol. The second-order valence-electron chi connectivity index (χ2n) is 12.1. The topological polar surface area (TPSA) is 18.5 Å². The van der Waals surface area contributed by atoms with Crippen molar-refractivity contribution in [3.8, 4) is 17.2 Å². The van der Waals surface area contributed by atoms with Crippen LogP contribution in [0.25, 0.3) is 0 Å². The molecule has 0 heterocycles. The Morgan fingerprint density at radius 2 is 1.13 bits per heavy atom. The van der Waals surface area contributed by atoms with Crippen molar-refractivity contribution in [2.75, 3.05) is 7.11 Å². The maximum Gasteiger partial charge on any atom is 0.127 e. The Hall–Kier alpha value is -3.52. The van der Waals surface area contributed by atoms with Crippen molar-refractivity contribution in [2.45, 2.75) is 58.8 Å². The van der Waals surface area contributed by atoms with Gasteiger partial charge in [-0.1, -0.05) is 87.0 Å². The minimum Gasteiger partial charge on any atom is -0.497 e. The van der Waals surface area contributed by atoms with Crippen LogP contribution in [0.1, 0.15) is 67.9 Å². The predicted molar refractivity (Wildman–Crippen MR) is 158 cm³/mol. The first-order valence-electron chi connectivity index (χ1n) is 13.8. The van der Waals surface area contributed by atoms with Gasteiger partial charge in [0.2, 0.25) is 0 Å². The summed E-state index contributed by atoms with van der Waals surface area (Å²) in [7, 11) is 1.73. The van der Waals surface area contributed by atoms with Crippen LogP contribution < -0.4 is 9.47 Å². The number of benzene rings is 4. The van der Waals surface area contributed by atoms with Crippen molar-refractivity contribution in [1.82, 2.24) is 0 Å². The third-order valence-corrected chi connectivity index (χ3v) is 8.12. The molecule has 0 bridgehead atoms. The van der Waals surface area contributed by atoms with Gasteiger partial charge in [-0.3, -0.25) is 0 Å². The summed E-state index contributed by atoms with van der Waals surface area (Å²) < 4.78 is 11.7. The molecule has 0 aromatic heterocycles. The van der Waals surface area contributed by atoms with Crippen LogP contribution in [0.5, 0.6) is 17.2 Å². The molecule has 2 unspecified atom stereocenters. The molecule has 5 rings (SSSR count). The number of aryl methyl sites for hydroxylation is 1. The molecule has 2 nitrogen and oxygen atoms in total. The molecule has 0 radical (unpaired) electrons. The molecule has 0 N–H and O–H groups in total. The van der Waals surface area contributed by atoms with E-state index in [1.807, 2.05) is 0 Å². The van der Waals surface area contributed by atoms with E-state index in [1.165, 1.54) is 34.2 Å². The fourth-order valence-corrected chi connectivity index (χ4v) is 6.68. The summed E-state index contributed by atoms with van der Waals surface area (Å²) in [4.78, 5) is 0. The molecule has 1 fully saturated rings.